The van der Waals surface area contributed by atoms with E-state index in [9.17, 15) is 0 Å². The highest BCUT2D eigenvalue weighted by atomic mass is 35.5. The summed E-state index contributed by atoms with van der Waals surface area (Å²) in [6.45, 7) is 0. The zero-order chi connectivity index (χ0) is 11.0. The van der Waals surface area contributed by atoms with Gasteiger partial charge in [-0.3, -0.25) is 0 Å². The monoisotopic (exact) mass is 234 g/mol. The predicted molar refractivity (Wildman–Crippen MR) is 62.4 cm³/mol. The molecule has 0 spiro atoms. The number of halogens is 1. The Morgan fingerprint density at radius 2 is 2.25 bits per heavy atom. The number of nitrogens with zero attached hydrogens (tertiary/aromatic N) is 4. The fourth-order valence-corrected chi connectivity index (χ4v) is 2.34. The fraction of sp³-hybridized carbons (Fsp3) is 0.364. The summed E-state index contributed by atoms with van der Waals surface area (Å²) in [4.78, 5) is 12.4. The lowest BCUT2D eigenvalue weighted by Crippen LogP contribution is -2.08. The molecule has 0 amide bonds. The number of hydrogen-bond acceptors (Lipinski definition) is 3. The van der Waals surface area contributed by atoms with Gasteiger partial charge in [-0.25, -0.2) is 15.0 Å². The Bertz CT molecular complexity index is 546. The highest BCUT2D eigenvalue weighted by Crippen LogP contribution is 2.28. The highest BCUT2D eigenvalue weighted by Gasteiger charge is 2.16. The average molecular weight is 235 g/mol. The van der Waals surface area contributed by atoms with Crippen molar-refractivity contribution in [3.63, 3.8) is 0 Å². The molecule has 3 rings (SSSR count). The van der Waals surface area contributed by atoms with Gasteiger partial charge in [0.05, 0.1) is 12.4 Å². The van der Waals surface area contributed by atoms with Gasteiger partial charge in [0.1, 0.15) is 11.8 Å². The Kier molecular flexibility index (Phi) is 2.36. The summed E-state index contributed by atoms with van der Waals surface area (Å²) in [7, 11) is 0. The third-order valence-electron chi connectivity index (χ3n) is 2.91. The van der Waals surface area contributed by atoms with Crippen LogP contribution in [0.2, 0.25) is 5.15 Å². The molecule has 0 fully saturated rings. The molecule has 16 heavy (non-hydrogen) atoms. The minimum Gasteiger partial charge on any atom is -0.320 e. The Morgan fingerprint density at radius 3 is 3.06 bits per heavy atom. The third-order valence-corrected chi connectivity index (χ3v) is 3.18. The summed E-state index contributed by atoms with van der Waals surface area (Å²) in [5, 5.41) is 0.474. The van der Waals surface area contributed by atoms with Crippen LogP contribution in [0, 0.1) is 0 Å². The molecule has 1 atom stereocenters. The molecular formula is C11H11ClN4. The molecule has 4 nitrogen and oxygen atoms in total. The first-order valence-electron chi connectivity index (χ1n) is 5.36. The number of rotatable bonds is 1. The Balaban J connectivity index is 2.16. The van der Waals surface area contributed by atoms with Gasteiger partial charge in [-0.1, -0.05) is 23.8 Å². The van der Waals surface area contributed by atoms with Crippen LogP contribution in [0.4, 0.5) is 0 Å². The van der Waals surface area contributed by atoms with Crippen LogP contribution in [-0.2, 0) is 0 Å². The van der Waals surface area contributed by atoms with Crippen LogP contribution in [0.15, 0.2) is 24.8 Å². The highest BCUT2D eigenvalue weighted by molar-refractivity contribution is 6.33. The SMILES string of the molecule is Clc1ncnc2ncn(C3C=CCCC3)c12. The zero-order valence-corrected chi connectivity index (χ0v) is 9.43. The van der Waals surface area contributed by atoms with Crippen molar-refractivity contribution in [2.45, 2.75) is 25.3 Å². The number of imidazole rings is 1. The van der Waals surface area contributed by atoms with Crippen LogP contribution in [-0.4, -0.2) is 19.5 Å². The Morgan fingerprint density at radius 1 is 1.31 bits per heavy atom. The summed E-state index contributed by atoms with van der Waals surface area (Å²) < 4.78 is 2.06. The summed E-state index contributed by atoms with van der Waals surface area (Å²) >= 11 is 6.09. The van der Waals surface area contributed by atoms with Crippen LogP contribution in [0.5, 0.6) is 0 Å². The van der Waals surface area contributed by atoms with Crippen LogP contribution >= 0.6 is 11.6 Å². The maximum Gasteiger partial charge on any atom is 0.182 e. The van der Waals surface area contributed by atoms with Crippen LogP contribution in [0.1, 0.15) is 25.3 Å². The summed E-state index contributed by atoms with van der Waals surface area (Å²) in [6.07, 6.45) is 11.1. The van der Waals surface area contributed by atoms with E-state index in [0.29, 0.717) is 16.8 Å². The molecule has 1 unspecified atom stereocenters. The summed E-state index contributed by atoms with van der Waals surface area (Å²) in [5.74, 6) is 0. The van der Waals surface area contributed by atoms with Gasteiger partial charge in [0.25, 0.3) is 0 Å². The minimum absolute atomic E-state index is 0.335. The molecule has 0 radical (unpaired) electrons. The quantitative estimate of drug-likeness (QED) is 0.563. The molecule has 1 aliphatic carbocycles. The molecule has 0 N–H and O–H groups in total. The second kappa shape index (κ2) is 3.87. The molecule has 1 aliphatic rings. The van der Waals surface area contributed by atoms with Crippen molar-refractivity contribution in [2.75, 3.05) is 0 Å². The largest absolute Gasteiger partial charge is 0.320 e. The van der Waals surface area contributed by atoms with Gasteiger partial charge in [-0.15, -0.1) is 0 Å². The average Bonchev–Trinajstić information content (AvgIpc) is 2.75. The second-order valence-corrected chi connectivity index (χ2v) is 4.27. The third kappa shape index (κ3) is 1.50. The van der Waals surface area contributed by atoms with E-state index in [0.717, 1.165) is 18.4 Å². The normalized spacial score (nSPS) is 20.4. The van der Waals surface area contributed by atoms with Crippen molar-refractivity contribution in [1.82, 2.24) is 19.5 Å². The van der Waals surface area contributed by atoms with Crippen molar-refractivity contribution < 1.29 is 0 Å². The van der Waals surface area contributed by atoms with E-state index in [4.69, 9.17) is 11.6 Å². The van der Waals surface area contributed by atoms with E-state index in [1.807, 2.05) is 0 Å². The van der Waals surface area contributed by atoms with Gasteiger partial charge >= 0.3 is 0 Å². The van der Waals surface area contributed by atoms with E-state index >= 15 is 0 Å². The molecule has 82 valence electrons. The Hall–Kier alpha value is -1.42. The van der Waals surface area contributed by atoms with Gasteiger partial charge in [0.2, 0.25) is 0 Å². The standard InChI is InChI=1S/C11H11ClN4/c12-10-9-11(14-6-13-10)15-7-16(9)8-4-2-1-3-5-8/h2,4,6-8H,1,3,5H2. The van der Waals surface area contributed by atoms with Gasteiger partial charge in [0, 0.05) is 0 Å². The summed E-state index contributed by atoms with van der Waals surface area (Å²) in [6, 6.07) is 0.335. The maximum absolute atomic E-state index is 6.09. The molecule has 0 bridgehead atoms. The zero-order valence-electron chi connectivity index (χ0n) is 8.67. The second-order valence-electron chi connectivity index (χ2n) is 3.91. The van der Waals surface area contributed by atoms with Gasteiger partial charge < -0.3 is 4.57 Å². The number of hydrogen-bond donors (Lipinski definition) is 0. The first kappa shape index (κ1) is 9.78. The van der Waals surface area contributed by atoms with Crippen molar-refractivity contribution >= 4 is 22.8 Å². The molecular weight excluding hydrogens is 224 g/mol. The van der Waals surface area contributed by atoms with E-state index in [-0.39, 0.29) is 0 Å². The molecule has 0 saturated carbocycles. The number of allylic oxidation sites excluding steroid dienone is 2. The minimum atomic E-state index is 0.335. The molecule has 0 aromatic carbocycles. The lowest BCUT2D eigenvalue weighted by atomic mass is 10.0. The number of aromatic nitrogens is 4. The van der Waals surface area contributed by atoms with E-state index in [2.05, 4.69) is 31.7 Å². The van der Waals surface area contributed by atoms with Gasteiger partial charge in [0.15, 0.2) is 10.8 Å². The first-order chi connectivity index (χ1) is 7.86. The molecule has 0 saturated heterocycles. The molecule has 2 heterocycles. The van der Waals surface area contributed by atoms with E-state index in [1.54, 1.807) is 6.33 Å². The summed E-state index contributed by atoms with van der Waals surface area (Å²) in [5.41, 5.74) is 1.50. The molecule has 0 aliphatic heterocycles. The Labute approximate surface area is 98.0 Å². The smallest absolute Gasteiger partial charge is 0.182 e. The molecule has 2 aromatic rings. The van der Waals surface area contributed by atoms with Crippen molar-refractivity contribution in [2.24, 2.45) is 0 Å². The number of fused-ring (bicyclic) bond motifs is 1. The molecule has 2 aromatic heterocycles. The van der Waals surface area contributed by atoms with Crippen molar-refractivity contribution in [1.29, 1.82) is 0 Å². The predicted octanol–water partition coefficient (Wildman–Crippen LogP) is 2.76. The fourth-order valence-electron chi connectivity index (χ4n) is 2.12. The van der Waals surface area contributed by atoms with Crippen LogP contribution in [0.25, 0.3) is 11.2 Å². The lowest BCUT2D eigenvalue weighted by molar-refractivity contribution is 0.528. The topological polar surface area (TPSA) is 43.6 Å². The molecule has 5 heteroatoms. The van der Waals surface area contributed by atoms with Crippen molar-refractivity contribution in [3.05, 3.63) is 30.0 Å². The van der Waals surface area contributed by atoms with Gasteiger partial charge in [-0.05, 0) is 19.3 Å². The maximum atomic E-state index is 6.09. The first-order valence-corrected chi connectivity index (χ1v) is 5.74. The van der Waals surface area contributed by atoms with Crippen LogP contribution in [0.3, 0.4) is 0 Å². The lowest BCUT2D eigenvalue weighted by Gasteiger charge is -2.18. The van der Waals surface area contributed by atoms with E-state index < -0.39 is 0 Å². The van der Waals surface area contributed by atoms with Crippen LogP contribution < -0.4 is 0 Å². The van der Waals surface area contributed by atoms with E-state index in [1.165, 1.54) is 12.7 Å². The van der Waals surface area contributed by atoms with Gasteiger partial charge in [-0.2, -0.15) is 0 Å². The van der Waals surface area contributed by atoms with Crippen molar-refractivity contribution in [3.8, 4) is 0 Å².